The number of benzene rings is 3. The third-order valence-corrected chi connectivity index (χ3v) is 6.63. The Labute approximate surface area is 223 Å². The summed E-state index contributed by atoms with van der Waals surface area (Å²) in [6.45, 7) is 8.27. The first-order chi connectivity index (χ1) is 18.6. The average molecular weight is 503 g/mol. The number of nitrogens with zero attached hydrogens (tertiary/aromatic N) is 2. The number of carbonyl (C=O) groups excluding carboxylic acids is 1. The van der Waals surface area contributed by atoms with Crippen molar-refractivity contribution in [1.29, 1.82) is 0 Å². The topological polar surface area (TPSA) is 51.7 Å². The van der Waals surface area contributed by atoms with Gasteiger partial charge in [-0.2, -0.15) is 0 Å². The summed E-state index contributed by atoms with van der Waals surface area (Å²) >= 11 is 0. The van der Waals surface area contributed by atoms with Gasteiger partial charge in [0.25, 0.3) is 5.91 Å². The number of para-hydroxylation sites is 1. The monoisotopic (exact) mass is 502 g/mol. The van der Waals surface area contributed by atoms with Crippen LogP contribution in [0.1, 0.15) is 39.6 Å². The molecule has 1 aromatic heterocycles. The number of carbonyl (C=O) groups is 1. The molecule has 1 atom stereocenters. The minimum Gasteiger partial charge on any atom is -0.489 e. The van der Waals surface area contributed by atoms with Crippen molar-refractivity contribution >= 4 is 11.6 Å². The number of ether oxygens (including phenoxy) is 2. The van der Waals surface area contributed by atoms with Crippen LogP contribution in [0.5, 0.6) is 11.5 Å². The van der Waals surface area contributed by atoms with E-state index in [2.05, 4.69) is 24.2 Å². The Kier molecular flexibility index (Phi) is 7.65. The minimum absolute atomic E-state index is 0.141. The van der Waals surface area contributed by atoms with Gasteiger partial charge >= 0.3 is 0 Å². The predicted octanol–water partition coefficient (Wildman–Crippen LogP) is 7.12. The van der Waals surface area contributed by atoms with E-state index < -0.39 is 0 Å². The summed E-state index contributed by atoms with van der Waals surface area (Å²) in [4.78, 5) is 20.8. The quantitative estimate of drug-likeness (QED) is 0.229. The molecule has 38 heavy (non-hydrogen) atoms. The van der Waals surface area contributed by atoms with Crippen LogP contribution in [0.4, 0.5) is 5.69 Å². The molecule has 0 saturated heterocycles. The maximum atomic E-state index is 14.4. The van der Waals surface area contributed by atoms with Crippen molar-refractivity contribution in [3.8, 4) is 11.5 Å². The molecule has 3 aromatic carbocycles. The number of aromatic nitrogens is 1. The van der Waals surface area contributed by atoms with E-state index in [1.54, 1.807) is 30.5 Å². The maximum absolute atomic E-state index is 14.4. The molecule has 2 heterocycles. The largest absolute Gasteiger partial charge is 0.489 e. The Bertz CT molecular complexity index is 1430. The van der Waals surface area contributed by atoms with Crippen molar-refractivity contribution < 1.29 is 14.3 Å². The fourth-order valence-electron chi connectivity index (χ4n) is 4.64. The number of aryl methyl sites for hydroxylation is 1. The number of rotatable bonds is 9. The maximum Gasteiger partial charge on any atom is 0.262 e. The highest BCUT2D eigenvalue weighted by Crippen LogP contribution is 2.40. The Morgan fingerprint density at radius 1 is 0.974 bits per heavy atom. The molecule has 1 amide bonds. The molecule has 1 aliphatic heterocycles. The van der Waals surface area contributed by atoms with Crippen LogP contribution < -0.4 is 14.4 Å². The Morgan fingerprint density at radius 2 is 1.76 bits per heavy atom. The Morgan fingerprint density at radius 3 is 2.55 bits per heavy atom. The molecule has 4 aromatic rings. The number of hydrogen-bond donors (Lipinski definition) is 0. The van der Waals surface area contributed by atoms with Gasteiger partial charge in [0.1, 0.15) is 24.7 Å². The van der Waals surface area contributed by atoms with Crippen LogP contribution in [-0.2, 0) is 13.0 Å². The number of amides is 1. The fourth-order valence-corrected chi connectivity index (χ4v) is 4.64. The van der Waals surface area contributed by atoms with E-state index in [9.17, 15) is 4.79 Å². The summed E-state index contributed by atoms with van der Waals surface area (Å²) < 4.78 is 12.1. The smallest absolute Gasteiger partial charge is 0.262 e. The van der Waals surface area contributed by atoms with Crippen LogP contribution in [0.15, 0.2) is 122 Å². The van der Waals surface area contributed by atoms with Crippen LogP contribution in [0, 0.1) is 0 Å². The molecular formula is C33H30N2O3. The highest BCUT2D eigenvalue weighted by Gasteiger charge is 2.34. The van der Waals surface area contributed by atoms with Gasteiger partial charge in [-0.1, -0.05) is 73.8 Å². The SMILES string of the molecule is C=CC(=C)COc1ccc(C(=O)N2c3ccccc3CCC2c2ccccn2)c(OCc2ccccc2)c1. The number of anilines is 1. The molecule has 5 heteroatoms. The van der Waals surface area contributed by atoms with E-state index in [4.69, 9.17) is 9.47 Å². The lowest BCUT2D eigenvalue weighted by molar-refractivity contribution is 0.0967. The molecule has 1 aliphatic rings. The van der Waals surface area contributed by atoms with Gasteiger partial charge in [-0.15, -0.1) is 0 Å². The lowest BCUT2D eigenvalue weighted by atomic mass is 9.92. The van der Waals surface area contributed by atoms with Gasteiger partial charge < -0.3 is 9.47 Å². The molecular weight excluding hydrogens is 472 g/mol. The average Bonchev–Trinajstić information content (AvgIpc) is 2.98. The van der Waals surface area contributed by atoms with Crippen molar-refractivity contribution in [2.24, 2.45) is 0 Å². The van der Waals surface area contributed by atoms with Crippen LogP contribution in [0.2, 0.25) is 0 Å². The third-order valence-electron chi connectivity index (χ3n) is 6.63. The Balaban J connectivity index is 1.53. The molecule has 0 radical (unpaired) electrons. The molecule has 0 aliphatic carbocycles. The van der Waals surface area contributed by atoms with Gasteiger partial charge in [-0.05, 0) is 59.9 Å². The second-order valence-corrected chi connectivity index (χ2v) is 9.20. The van der Waals surface area contributed by atoms with Crippen molar-refractivity contribution in [2.75, 3.05) is 11.5 Å². The van der Waals surface area contributed by atoms with E-state index in [0.717, 1.165) is 40.9 Å². The van der Waals surface area contributed by atoms with E-state index in [1.165, 1.54) is 0 Å². The van der Waals surface area contributed by atoms with Crippen LogP contribution >= 0.6 is 0 Å². The minimum atomic E-state index is -0.188. The lowest BCUT2D eigenvalue weighted by Crippen LogP contribution is -2.39. The summed E-state index contributed by atoms with van der Waals surface area (Å²) in [7, 11) is 0. The highest BCUT2D eigenvalue weighted by atomic mass is 16.5. The molecule has 5 nitrogen and oxygen atoms in total. The van der Waals surface area contributed by atoms with Crippen LogP contribution in [-0.4, -0.2) is 17.5 Å². The van der Waals surface area contributed by atoms with Crippen LogP contribution in [0.3, 0.4) is 0 Å². The zero-order chi connectivity index (χ0) is 26.3. The molecule has 0 fully saturated rings. The normalized spacial score (nSPS) is 14.3. The highest BCUT2D eigenvalue weighted by molar-refractivity contribution is 6.09. The van der Waals surface area contributed by atoms with E-state index in [1.807, 2.05) is 71.6 Å². The van der Waals surface area contributed by atoms with Gasteiger partial charge in [0.2, 0.25) is 0 Å². The molecule has 0 N–H and O–H groups in total. The van der Waals surface area contributed by atoms with Crippen molar-refractivity contribution in [3.05, 3.63) is 144 Å². The van der Waals surface area contributed by atoms with Crippen molar-refractivity contribution in [2.45, 2.75) is 25.5 Å². The predicted molar refractivity (Wildman–Crippen MR) is 151 cm³/mol. The second-order valence-electron chi connectivity index (χ2n) is 9.20. The molecule has 5 rings (SSSR count). The second kappa shape index (κ2) is 11.6. The standard InChI is InChI=1S/C33H30N2O3/c1-3-24(2)22-37-27-17-18-28(32(21-27)38-23-25-11-5-4-6-12-25)33(36)35-30-15-8-7-13-26(30)16-19-31(35)29-14-9-10-20-34-29/h3-15,17-18,20-21,31H,1-2,16,19,22-23H2. The van der Waals surface area contributed by atoms with E-state index >= 15 is 0 Å². The van der Waals surface area contributed by atoms with Gasteiger partial charge in [0.15, 0.2) is 0 Å². The zero-order valence-electron chi connectivity index (χ0n) is 21.3. The summed E-state index contributed by atoms with van der Waals surface area (Å²) in [6, 6.07) is 29.0. The lowest BCUT2D eigenvalue weighted by Gasteiger charge is -2.37. The first kappa shape index (κ1) is 25.0. The summed E-state index contributed by atoms with van der Waals surface area (Å²) in [5, 5.41) is 0. The summed E-state index contributed by atoms with van der Waals surface area (Å²) in [5.74, 6) is 0.911. The number of hydrogen-bond acceptors (Lipinski definition) is 4. The Hall–Kier alpha value is -4.64. The molecule has 0 saturated carbocycles. The summed E-state index contributed by atoms with van der Waals surface area (Å²) in [6.07, 6.45) is 5.09. The van der Waals surface area contributed by atoms with Crippen molar-refractivity contribution in [3.63, 3.8) is 0 Å². The van der Waals surface area contributed by atoms with Gasteiger partial charge in [0.05, 0.1) is 17.3 Å². The molecule has 0 bridgehead atoms. The first-order valence-electron chi connectivity index (χ1n) is 12.7. The zero-order valence-corrected chi connectivity index (χ0v) is 21.3. The van der Waals surface area contributed by atoms with E-state index in [0.29, 0.717) is 30.3 Å². The molecule has 0 spiro atoms. The van der Waals surface area contributed by atoms with E-state index in [-0.39, 0.29) is 11.9 Å². The van der Waals surface area contributed by atoms with Gasteiger partial charge in [-0.3, -0.25) is 14.7 Å². The number of pyridine rings is 1. The molecule has 1 unspecified atom stereocenters. The summed E-state index contributed by atoms with van der Waals surface area (Å²) in [5.41, 5.74) is 5.14. The number of fused-ring (bicyclic) bond motifs is 1. The van der Waals surface area contributed by atoms with Crippen LogP contribution in [0.25, 0.3) is 0 Å². The molecule has 190 valence electrons. The van der Waals surface area contributed by atoms with Crippen molar-refractivity contribution in [1.82, 2.24) is 4.98 Å². The van der Waals surface area contributed by atoms with Gasteiger partial charge in [-0.25, -0.2) is 0 Å². The van der Waals surface area contributed by atoms with Gasteiger partial charge in [0, 0.05) is 18.0 Å². The fraction of sp³-hybridized carbons (Fsp3) is 0.152. The third kappa shape index (κ3) is 5.52. The first-order valence-corrected chi connectivity index (χ1v) is 12.7.